The molecule has 2 saturated heterocycles. The second-order valence-corrected chi connectivity index (χ2v) is 10.3. The van der Waals surface area contributed by atoms with Gasteiger partial charge in [0.15, 0.2) is 0 Å². The topological polar surface area (TPSA) is 106 Å². The maximum Gasteiger partial charge on any atom is 0.242 e. The smallest absolute Gasteiger partial charge is 0.242 e. The van der Waals surface area contributed by atoms with Crippen molar-refractivity contribution in [1.29, 1.82) is 0 Å². The van der Waals surface area contributed by atoms with Gasteiger partial charge >= 0.3 is 0 Å². The summed E-state index contributed by atoms with van der Waals surface area (Å²) in [5, 5.41) is 5.83. The average Bonchev–Trinajstić information content (AvgIpc) is 3.27. The van der Waals surface area contributed by atoms with E-state index in [-0.39, 0.29) is 17.7 Å². The predicted molar refractivity (Wildman–Crippen MR) is 142 cm³/mol. The number of ether oxygens (including phenoxy) is 1. The first-order valence-electron chi connectivity index (χ1n) is 13.8. The lowest BCUT2D eigenvalue weighted by Gasteiger charge is -2.41. The van der Waals surface area contributed by atoms with Crippen molar-refractivity contribution in [1.82, 2.24) is 25.1 Å². The normalized spacial score (nSPS) is 21.9. The monoisotopic (exact) mass is 511 g/mol. The van der Waals surface area contributed by atoms with Gasteiger partial charge in [0.2, 0.25) is 17.7 Å². The molecule has 3 amide bonds. The molecule has 9 heteroatoms. The summed E-state index contributed by atoms with van der Waals surface area (Å²) in [6, 6.07) is 7.47. The summed E-state index contributed by atoms with van der Waals surface area (Å²) in [5.74, 6) is 0.792. The number of nitrogens with one attached hydrogen (secondary N) is 2. The summed E-state index contributed by atoms with van der Waals surface area (Å²) >= 11 is 0. The van der Waals surface area contributed by atoms with Crippen molar-refractivity contribution < 1.29 is 19.1 Å². The van der Waals surface area contributed by atoms with Crippen molar-refractivity contribution in [2.24, 2.45) is 5.41 Å². The van der Waals surface area contributed by atoms with Gasteiger partial charge in [0.1, 0.15) is 11.9 Å². The third-order valence-corrected chi connectivity index (χ3v) is 7.87. The van der Waals surface area contributed by atoms with Crippen LogP contribution in [0.5, 0.6) is 0 Å². The van der Waals surface area contributed by atoms with Crippen LogP contribution in [-0.2, 0) is 32.1 Å². The van der Waals surface area contributed by atoms with Crippen LogP contribution < -0.4 is 10.6 Å². The Balaban J connectivity index is 1.37. The Morgan fingerprint density at radius 3 is 2.65 bits per heavy atom. The average molecular weight is 512 g/mol. The van der Waals surface area contributed by atoms with Crippen molar-refractivity contribution in [2.75, 3.05) is 32.8 Å². The lowest BCUT2D eigenvalue weighted by Crippen LogP contribution is -2.54. The Labute approximate surface area is 219 Å². The number of para-hydroxylation sites is 2. The highest BCUT2D eigenvalue weighted by molar-refractivity contribution is 5.90. The molecule has 2 aliphatic rings. The first-order valence-corrected chi connectivity index (χ1v) is 13.8. The minimum Gasteiger partial charge on any atom is -0.381 e. The molecule has 1 aromatic carbocycles. The number of aromatic nitrogens is 2. The summed E-state index contributed by atoms with van der Waals surface area (Å²) in [6.07, 6.45) is 5.48. The standard InChI is InChI=1S/C28H41N5O4/c1-3-33-23-10-5-4-9-22(23)31-24(33)11-12-25(34)32-17-14-28(15-18-32)13-6-7-19-37-20-8-16-29-26(35)21(2)30-27(28)36/h4-5,9-10,21H,3,6-8,11-20H2,1-2H3,(H,29,35)(H,30,36)/t21-/m0/s1. The molecule has 2 fully saturated rings. The van der Waals surface area contributed by atoms with Crippen molar-refractivity contribution in [3.05, 3.63) is 30.1 Å². The number of aryl methyl sites for hydroxylation is 2. The fourth-order valence-corrected chi connectivity index (χ4v) is 5.54. The molecule has 4 rings (SSSR count). The Morgan fingerprint density at radius 1 is 1.11 bits per heavy atom. The zero-order valence-corrected chi connectivity index (χ0v) is 22.3. The first kappa shape index (κ1) is 27.1. The highest BCUT2D eigenvalue weighted by Gasteiger charge is 2.42. The minimum atomic E-state index is -0.592. The number of hydrogen-bond acceptors (Lipinski definition) is 5. The summed E-state index contributed by atoms with van der Waals surface area (Å²) < 4.78 is 7.85. The van der Waals surface area contributed by atoms with Gasteiger partial charge in [-0.25, -0.2) is 4.98 Å². The van der Waals surface area contributed by atoms with Gasteiger partial charge in [0.25, 0.3) is 0 Å². The highest BCUT2D eigenvalue weighted by Crippen LogP contribution is 2.37. The summed E-state index contributed by atoms with van der Waals surface area (Å²) in [7, 11) is 0. The van der Waals surface area contributed by atoms with E-state index >= 15 is 0 Å². The molecule has 2 aromatic rings. The molecule has 0 saturated carbocycles. The number of likely N-dealkylation sites (tertiary alicyclic amines) is 1. The predicted octanol–water partition coefficient (Wildman–Crippen LogP) is 2.81. The molecule has 0 unspecified atom stereocenters. The molecule has 1 atom stereocenters. The fraction of sp³-hybridized carbons (Fsp3) is 0.643. The summed E-state index contributed by atoms with van der Waals surface area (Å²) in [6.45, 7) is 7.56. The fourth-order valence-electron chi connectivity index (χ4n) is 5.54. The Bertz CT molecular complexity index is 1090. The van der Waals surface area contributed by atoms with E-state index in [0.717, 1.165) is 49.1 Å². The van der Waals surface area contributed by atoms with E-state index in [1.165, 1.54) is 0 Å². The molecular weight excluding hydrogens is 470 g/mol. The van der Waals surface area contributed by atoms with Gasteiger partial charge in [-0.2, -0.15) is 0 Å². The van der Waals surface area contributed by atoms with Crippen LogP contribution in [0.2, 0.25) is 0 Å². The summed E-state index contributed by atoms with van der Waals surface area (Å²) in [5.41, 5.74) is 1.49. The van der Waals surface area contributed by atoms with E-state index in [2.05, 4.69) is 28.2 Å². The number of hydrogen-bond donors (Lipinski definition) is 2. The van der Waals surface area contributed by atoms with E-state index in [1.807, 2.05) is 23.1 Å². The van der Waals surface area contributed by atoms with E-state index in [9.17, 15) is 14.4 Å². The SMILES string of the molecule is CCn1c(CCC(=O)N2CCC3(CCCCOCCCNC(=O)[C@H](C)NC3=O)CC2)nc2ccccc21. The lowest BCUT2D eigenvalue weighted by atomic mass is 9.73. The number of benzene rings is 1. The Kier molecular flexibility index (Phi) is 9.18. The first-order chi connectivity index (χ1) is 17.9. The zero-order chi connectivity index (χ0) is 26.3. The highest BCUT2D eigenvalue weighted by atomic mass is 16.5. The van der Waals surface area contributed by atoms with E-state index in [0.29, 0.717) is 58.5 Å². The molecule has 9 nitrogen and oxygen atoms in total. The number of carbonyl (C=O) groups excluding carboxylic acids is 3. The van der Waals surface area contributed by atoms with Crippen LogP contribution in [0.15, 0.2) is 24.3 Å². The molecule has 2 aliphatic heterocycles. The molecule has 0 bridgehead atoms. The third-order valence-electron chi connectivity index (χ3n) is 7.87. The van der Waals surface area contributed by atoms with E-state index in [1.54, 1.807) is 6.92 Å². The van der Waals surface area contributed by atoms with E-state index in [4.69, 9.17) is 9.72 Å². The number of carbonyl (C=O) groups is 3. The number of piperidine rings is 1. The molecule has 1 spiro atoms. The van der Waals surface area contributed by atoms with Crippen LogP contribution in [0, 0.1) is 5.41 Å². The number of imidazole rings is 1. The van der Waals surface area contributed by atoms with Crippen molar-refractivity contribution >= 4 is 28.8 Å². The maximum absolute atomic E-state index is 13.4. The minimum absolute atomic E-state index is 0.0723. The number of fused-ring (bicyclic) bond motifs is 1. The molecule has 202 valence electrons. The van der Waals surface area contributed by atoms with Crippen molar-refractivity contribution in [2.45, 2.75) is 77.8 Å². The van der Waals surface area contributed by atoms with Gasteiger partial charge < -0.3 is 24.8 Å². The van der Waals surface area contributed by atoms with Gasteiger partial charge in [-0.15, -0.1) is 0 Å². The van der Waals surface area contributed by atoms with Crippen LogP contribution in [0.3, 0.4) is 0 Å². The van der Waals surface area contributed by atoms with Gasteiger partial charge in [0, 0.05) is 52.2 Å². The lowest BCUT2D eigenvalue weighted by molar-refractivity contribution is -0.142. The summed E-state index contributed by atoms with van der Waals surface area (Å²) in [4.78, 5) is 45.6. The number of amides is 3. The van der Waals surface area contributed by atoms with Gasteiger partial charge in [-0.3, -0.25) is 14.4 Å². The number of rotatable bonds is 4. The van der Waals surface area contributed by atoms with Crippen LogP contribution in [0.1, 0.15) is 64.6 Å². The largest absolute Gasteiger partial charge is 0.381 e. The second-order valence-electron chi connectivity index (χ2n) is 10.3. The Hall–Kier alpha value is -2.94. The van der Waals surface area contributed by atoms with Crippen molar-refractivity contribution in [3.63, 3.8) is 0 Å². The van der Waals surface area contributed by atoms with Crippen LogP contribution >= 0.6 is 0 Å². The molecule has 0 aliphatic carbocycles. The molecule has 2 N–H and O–H groups in total. The van der Waals surface area contributed by atoms with Crippen molar-refractivity contribution in [3.8, 4) is 0 Å². The molecule has 37 heavy (non-hydrogen) atoms. The third kappa shape index (κ3) is 6.50. The molecule has 0 radical (unpaired) electrons. The van der Waals surface area contributed by atoms with Crippen LogP contribution in [0.4, 0.5) is 0 Å². The van der Waals surface area contributed by atoms with Gasteiger partial charge in [0.05, 0.1) is 16.4 Å². The molecule has 1 aromatic heterocycles. The quantitative estimate of drug-likeness (QED) is 0.657. The number of nitrogens with zero attached hydrogens (tertiary/aromatic N) is 3. The van der Waals surface area contributed by atoms with Crippen LogP contribution in [-0.4, -0.2) is 71.1 Å². The van der Waals surface area contributed by atoms with Crippen LogP contribution in [0.25, 0.3) is 11.0 Å². The van der Waals surface area contributed by atoms with Gasteiger partial charge in [-0.1, -0.05) is 18.6 Å². The molecule has 3 heterocycles. The zero-order valence-electron chi connectivity index (χ0n) is 22.3. The maximum atomic E-state index is 13.4. The Morgan fingerprint density at radius 2 is 1.86 bits per heavy atom. The molecular formula is C28H41N5O4. The second kappa shape index (κ2) is 12.5. The van der Waals surface area contributed by atoms with Gasteiger partial charge in [-0.05, 0) is 58.1 Å². The van der Waals surface area contributed by atoms with E-state index < -0.39 is 11.5 Å².